The van der Waals surface area contributed by atoms with Crippen molar-refractivity contribution in [2.24, 2.45) is 17.1 Å². The molecule has 2 fully saturated rings. The van der Waals surface area contributed by atoms with Gasteiger partial charge in [-0.3, -0.25) is 4.79 Å². The Morgan fingerprint density at radius 3 is 2.90 bits per heavy atom. The lowest BCUT2D eigenvalue weighted by Crippen LogP contribution is -2.79. The number of rotatable bonds is 2. The highest BCUT2D eigenvalue weighted by molar-refractivity contribution is 9.10. The summed E-state index contributed by atoms with van der Waals surface area (Å²) in [6, 6.07) is 3.64. The monoisotopic (exact) mass is 353 g/mol. The molecule has 1 aromatic heterocycles. The zero-order chi connectivity index (χ0) is 15.4. The fraction of sp³-hybridized carbons (Fsp3) is 0.600. The Balaban J connectivity index is 1.83. The van der Waals surface area contributed by atoms with Gasteiger partial charge in [0.05, 0.1) is 11.8 Å². The van der Waals surface area contributed by atoms with E-state index in [1.807, 2.05) is 26.8 Å². The first-order valence-corrected chi connectivity index (χ1v) is 7.93. The molecule has 1 saturated carbocycles. The summed E-state index contributed by atoms with van der Waals surface area (Å²) < 4.78 is 6.63. The topological polar surface area (TPSA) is 77.2 Å². The van der Waals surface area contributed by atoms with Crippen LogP contribution in [0.1, 0.15) is 26.0 Å². The third kappa shape index (κ3) is 1.96. The minimum Gasteiger partial charge on any atom is -0.377 e. The van der Waals surface area contributed by atoms with Gasteiger partial charge >= 0.3 is 0 Å². The van der Waals surface area contributed by atoms with Crippen LogP contribution in [0, 0.1) is 18.3 Å². The fourth-order valence-electron chi connectivity index (χ4n) is 3.68. The number of aryl methyl sites for hydroxylation is 1. The molecule has 3 N–H and O–H groups in total. The van der Waals surface area contributed by atoms with Crippen LogP contribution in [0.25, 0.3) is 0 Å². The predicted molar refractivity (Wildman–Crippen MR) is 83.9 cm³/mol. The third-order valence-electron chi connectivity index (χ3n) is 5.09. The van der Waals surface area contributed by atoms with Gasteiger partial charge in [0, 0.05) is 22.4 Å². The number of aromatic nitrogens is 1. The standard InChI is InChI=1S/C15H20BrN3O2/c1-8-10(16)4-5-11(18-8)19-13(20)15(17)9-6-7-21-12(9)14(15,2)3/h4-5,9,12H,6-7,17H2,1-3H3,(H,18,19,20). The predicted octanol–water partition coefficient (Wildman–Crippen LogP) is 2.23. The van der Waals surface area contributed by atoms with Crippen LogP contribution in [-0.2, 0) is 9.53 Å². The van der Waals surface area contributed by atoms with Crippen LogP contribution in [-0.4, -0.2) is 29.1 Å². The molecule has 0 radical (unpaired) electrons. The summed E-state index contributed by atoms with van der Waals surface area (Å²) in [4.78, 5) is 17.1. The van der Waals surface area contributed by atoms with Gasteiger partial charge in [-0.2, -0.15) is 0 Å². The van der Waals surface area contributed by atoms with Crippen molar-refractivity contribution in [3.05, 3.63) is 22.3 Å². The van der Waals surface area contributed by atoms with Crippen LogP contribution < -0.4 is 11.1 Å². The van der Waals surface area contributed by atoms with Crippen LogP contribution in [0.5, 0.6) is 0 Å². The lowest BCUT2D eigenvalue weighted by molar-refractivity contribution is -0.170. The van der Waals surface area contributed by atoms with E-state index < -0.39 is 5.54 Å². The molecule has 6 heteroatoms. The summed E-state index contributed by atoms with van der Waals surface area (Å²) in [5.41, 5.74) is 6.05. The Morgan fingerprint density at radius 2 is 2.24 bits per heavy atom. The highest BCUT2D eigenvalue weighted by Crippen LogP contribution is 2.58. The number of amides is 1. The maximum Gasteiger partial charge on any atom is 0.246 e. The number of ether oxygens (including phenoxy) is 1. The number of carbonyl (C=O) groups is 1. The van der Waals surface area contributed by atoms with Gasteiger partial charge in [-0.05, 0) is 41.4 Å². The van der Waals surface area contributed by atoms with E-state index in [4.69, 9.17) is 10.5 Å². The third-order valence-corrected chi connectivity index (χ3v) is 5.93. The number of anilines is 1. The second kappa shape index (κ2) is 4.76. The molecule has 0 spiro atoms. The molecule has 0 aromatic carbocycles. The van der Waals surface area contributed by atoms with Gasteiger partial charge in [0.2, 0.25) is 5.91 Å². The van der Waals surface area contributed by atoms with E-state index in [-0.39, 0.29) is 23.3 Å². The zero-order valence-corrected chi connectivity index (χ0v) is 14.0. The first-order valence-electron chi connectivity index (χ1n) is 7.13. The van der Waals surface area contributed by atoms with Crippen molar-refractivity contribution < 1.29 is 9.53 Å². The van der Waals surface area contributed by atoms with Crippen molar-refractivity contribution in [3.8, 4) is 0 Å². The highest BCUT2D eigenvalue weighted by atomic mass is 79.9. The number of halogens is 1. The van der Waals surface area contributed by atoms with E-state index >= 15 is 0 Å². The molecule has 2 aliphatic rings. The minimum absolute atomic E-state index is 0.0767. The van der Waals surface area contributed by atoms with Crippen molar-refractivity contribution in [1.29, 1.82) is 0 Å². The molecule has 3 rings (SSSR count). The molecule has 114 valence electrons. The van der Waals surface area contributed by atoms with E-state index in [0.717, 1.165) is 16.6 Å². The number of fused-ring (bicyclic) bond motifs is 1. The maximum absolute atomic E-state index is 12.7. The molecular formula is C15H20BrN3O2. The van der Waals surface area contributed by atoms with Crippen molar-refractivity contribution in [2.75, 3.05) is 11.9 Å². The van der Waals surface area contributed by atoms with Gasteiger partial charge < -0.3 is 15.8 Å². The summed E-state index contributed by atoms with van der Waals surface area (Å²) >= 11 is 3.40. The first kappa shape index (κ1) is 14.9. The second-order valence-electron chi connectivity index (χ2n) is 6.50. The molecule has 5 nitrogen and oxygen atoms in total. The van der Waals surface area contributed by atoms with E-state index in [2.05, 4.69) is 26.2 Å². The summed E-state index contributed by atoms with van der Waals surface area (Å²) in [6.07, 6.45) is 0.915. The van der Waals surface area contributed by atoms with Gasteiger partial charge in [0.1, 0.15) is 11.4 Å². The number of hydrogen-bond donors (Lipinski definition) is 2. The summed E-state index contributed by atoms with van der Waals surface area (Å²) in [5.74, 6) is 0.446. The van der Waals surface area contributed by atoms with Crippen LogP contribution in [0.3, 0.4) is 0 Å². The zero-order valence-electron chi connectivity index (χ0n) is 12.4. The van der Waals surface area contributed by atoms with Gasteiger partial charge in [-0.15, -0.1) is 0 Å². The highest BCUT2D eigenvalue weighted by Gasteiger charge is 2.71. The maximum atomic E-state index is 12.7. The van der Waals surface area contributed by atoms with Gasteiger partial charge in [0.25, 0.3) is 0 Å². The summed E-state index contributed by atoms with van der Waals surface area (Å²) in [6.45, 7) is 6.56. The quantitative estimate of drug-likeness (QED) is 0.854. The lowest BCUT2D eigenvalue weighted by atomic mass is 9.48. The Morgan fingerprint density at radius 1 is 1.52 bits per heavy atom. The van der Waals surface area contributed by atoms with E-state index in [0.29, 0.717) is 12.4 Å². The molecule has 21 heavy (non-hydrogen) atoms. The number of pyridine rings is 1. The number of hydrogen-bond acceptors (Lipinski definition) is 4. The number of carbonyl (C=O) groups excluding carboxylic acids is 1. The Bertz CT molecular complexity index is 605. The van der Waals surface area contributed by atoms with E-state index in [9.17, 15) is 4.79 Å². The van der Waals surface area contributed by atoms with Gasteiger partial charge in [-0.1, -0.05) is 13.8 Å². The number of nitrogens with two attached hydrogens (primary N) is 1. The number of nitrogens with one attached hydrogen (secondary N) is 1. The fourth-order valence-corrected chi connectivity index (χ4v) is 3.90. The molecule has 3 atom stereocenters. The molecular weight excluding hydrogens is 334 g/mol. The van der Waals surface area contributed by atoms with E-state index in [1.54, 1.807) is 6.07 Å². The largest absolute Gasteiger partial charge is 0.377 e. The molecule has 3 unspecified atom stereocenters. The molecule has 0 bridgehead atoms. The molecule has 2 heterocycles. The SMILES string of the molecule is Cc1nc(NC(=O)C2(N)C3CCOC3C2(C)C)ccc1Br. The van der Waals surface area contributed by atoms with Crippen LogP contribution in [0.2, 0.25) is 0 Å². The Hall–Kier alpha value is -0.980. The van der Waals surface area contributed by atoms with Crippen LogP contribution in [0.15, 0.2) is 16.6 Å². The number of nitrogens with zero attached hydrogens (tertiary/aromatic N) is 1. The molecule has 1 aliphatic heterocycles. The minimum atomic E-state index is -0.906. The summed E-state index contributed by atoms with van der Waals surface area (Å²) in [7, 11) is 0. The molecule has 1 saturated heterocycles. The van der Waals surface area contributed by atoms with E-state index in [1.165, 1.54) is 0 Å². The molecule has 1 aromatic rings. The smallest absolute Gasteiger partial charge is 0.246 e. The van der Waals surface area contributed by atoms with Gasteiger partial charge in [-0.25, -0.2) is 4.98 Å². The summed E-state index contributed by atoms with van der Waals surface area (Å²) in [5, 5.41) is 2.87. The average Bonchev–Trinajstić information content (AvgIpc) is 2.90. The first-order chi connectivity index (χ1) is 9.78. The van der Waals surface area contributed by atoms with Crippen molar-refractivity contribution >= 4 is 27.7 Å². The normalized spacial score (nSPS) is 33.2. The van der Waals surface area contributed by atoms with Crippen molar-refractivity contribution in [2.45, 2.75) is 38.8 Å². The Kier molecular flexibility index (Phi) is 3.39. The van der Waals surface area contributed by atoms with Crippen LogP contribution in [0.4, 0.5) is 5.82 Å². The van der Waals surface area contributed by atoms with Gasteiger partial charge in [0.15, 0.2) is 0 Å². The van der Waals surface area contributed by atoms with Crippen molar-refractivity contribution in [3.63, 3.8) is 0 Å². The van der Waals surface area contributed by atoms with Crippen LogP contribution >= 0.6 is 15.9 Å². The van der Waals surface area contributed by atoms with Crippen molar-refractivity contribution in [1.82, 2.24) is 4.98 Å². The lowest BCUT2D eigenvalue weighted by Gasteiger charge is -2.60. The second-order valence-corrected chi connectivity index (χ2v) is 7.35. The molecule has 1 amide bonds. The Labute approximate surface area is 132 Å². The molecule has 1 aliphatic carbocycles. The average molecular weight is 354 g/mol.